The number of unbranched alkanes of at least 4 members (excludes halogenated alkanes) is 1. The van der Waals surface area contributed by atoms with Crippen molar-refractivity contribution in [1.82, 2.24) is 14.5 Å². The van der Waals surface area contributed by atoms with Gasteiger partial charge in [0.2, 0.25) is 5.89 Å². The number of aryl methyl sites for hydroxylation is 2. The average Bonchev–Trinajstić information content (AvgIpc) is 3.49. The standard InChI is InChI=1S/C27H27ClFN3O4S/c1-37(33,34)19-26-30-13-15-32(26)14-3-2-4-20-5-10-24(11-6-20)35-17-23-18-36-27(31-23)12-8-21-7-9-22(29)16-25(21)28/h5-13,15-16,18H,2-4,14,17,19H2,1H3. The zero-order chi connectivity index (χ0) is 26.3. The summed E-state index contributed by atoms with van der Waals surface area (Å²) in [4.78, 5) is 8.52. The Bertz CT molecular complexity index is 1460. The summed E-state index contributed by atoms with van der Waals surface area (Å²) in [5, 5.41) is 0.312. The molecule has 0 unspecified atom stereocenters. The molecule has 0 bridgehead atoms. The van der Waals surface area contributed by atoms with Crippen LogP contribution in [0.4, 0.5) is 4.39 Å². The van der Waals surface area contributed by atoms with E-state index < -0.39 is 15.7 Å². The molecule has 0 spiro atoms. The fourth-order valence-electron chi connectivity index (χ4n) is 3.70. The number of ether oxygens (including phenoxy) is 1. The van der Waals surface area contributed by atoms with Gasteiger partial charge in [0.05, 0.1) is 5.02 Å². The van der Waals surface area contributed by atoms with Crippen LogP contribution in [0.3, 0.4) is 0 Å². The van der Waals surface area contributed by atoms with Crippen LogP contribution >= 0.6 is 11.6 Å². The van der Waals surface area contributed by atoms with E-state index in [-0.39, 0.29) is 12.4 Å². The normalized spacial score (nSPS) is 11.9. The number of hydrogen-bond donors (Lipinski definition) is 0. The molecule has 0 radical (unpaired) electrons. The maximum Gasteiger partial charge on any atom is 0.218 e. The molecule has 0 aliphatic rings. The fourth-order valence-corrected chi connectivity index (χ4v) is 4.64. The van der Waals surface area contributed by atoms with Crippen LogP contribution < -0.4 is 4.74 Å². The van der Waals surface area contributed by atoms with Crippen molar-refractivity contribution in [2.75, 3.05) is 6.26 Å². The minimum atomic E-state index is -3.11. The van der Waals surface area contributed by atoms with Crippen LogP contribution in [0.15, 0.2) is 65.5 Å². The van der Waals surface area contributed by atoms with Crippen LogP contribution in [0.5, 0.6) is 5.75 Å². The SMILES string of the molecule is CS(=O)(=O)Cc1nccn1CCCCc1ccc(OCc2coc(C=Cc3ccc(F)cc3Cl)n2)cc1. The monoisotopic (exact) mass is 543 g/mol. The van der Waals surface area contributed by atoms with Gasteiger partial charge >= 0.3 is 0 Å². The Hall–Kier alpha value is -3.43. The molecule has 10 heteroatoms. The maximum atomic E-state index is 13.2. The molecule has 194 valence electrons. The number of sulfone groups is 1. The predicted molar refractivity (Wildman–Crippen MR) is 141 cm³/mol. The van der Waals surface area contributed by atoms with Crippen LogP contribution in [0, 0.1) is 5.82 Å². The van der Waals surface area contributed by atoms with E-state index in [0.29, 0.717) is 28.0 Å². The average molecular weight is 544 g/mol. The number of benzene rings is 2. The summed E-state index contributed by atoms with van der Waals surface area (Å²) in [6.45, 7) is 0.993. The third-order valence-corrected chi connectivity index (χ3v) is 6.66. The minimum absolute atomic E-state index is 0.0430. The van der Waals surface area contributed by atoms with Crippen molar-refractivity contribution in [2.45, 2.75) is 38.2 Å². The molecule has 0 aliphatic carbocycles. The van der Waals surface area contributed by atoms with E-state index in [1.165, 1.54) is 30.2 Å². The molecular formula is C27H27ClFN3O4S. The smallest absolute Gasteiger partial charge is 0.218 e. The summed E-state index contributed by atoms with van der Waals surface area (Å²) >= 11 is 6.03. The topological polar surface area (TPSA) is 87.2 Å². The van der Waals surface area contributed by atoms with Gasteiger partial charge in [0.25, 0.3) is 0 Å². The molecule has 7 nitrogen and oxygen atoms in total. The van der Waals surface area contributed by atoms with E-state index in [0.717, 1.165) is 31.6 Å². The van der Waals surface area contributed by atoms with Gasteiger partial charge in [-0.2, -0.15) is 0 Å². The molecule has 2 heterocycles. The largest absolute Gasteiger partial charge is 0.487 e. The number of hydrogen-bond acceptors (Lipinski definition) is 6. The lowest BCUT2D eigenvalue weighted by atomic mass is 10.1. The van der Waals surface area contributed by atoms with Crippen molar-refractivity contribution in [1.29, 1.82) is 0 Å². The lowest BCUT2D eigenvalue weighted by Gasteiger charge is -2.08. The van der Waals surface area contributed by atoms with Crippen molar-refractivity contribution in [3.8, 4) is 5.75 Å². The second-order valence-corrected chi connectivity index (χ2v) is 11.2. The fraction of sp³-hybridized carbons (Fsp3) is 0.259. The summed E-state index contributed by atoms with van der Waals surface area (Å²) < 4.78 is 49.4. The first-order valence-corrected chi connectivity index (χ1v) is 14.2. The summed E-state index contributed by atoms with van der Waals surface area (Å²) in [7, 11) is -3.11. The number of rotatable bonds is 12. The highest BCUT2D eigenvalue weighted by Crippen LogP contribution is 2.20. The van der Waals surface area contributed by atoms with Crippen molar-refractivity contribution < 1.29 is 22.0 Å². The van der Waals surface area contributed by atoms with Gasteiger partial charge in [-0.25, -0.2) is 22.8 Å². The summed E-state index contributed by atoms with van der Waals surface area (Å²) in [5.74, 6) is 1.27. The zero-order valence-corrected chi connectivity index (χ0v) is 21.9. The van der Waals surface area contributed by atoms with E-state index >= 15 is 0 Å². The second-order valence-electron chi connectivity index (χ2n) is 8.67. The lowest BCUT2D eigenvalue weighted by Crippen LogP contribution is -2.09. The molecule has 0 fully saturated rings. The summed E-state index contributed by atoms with van der Waals surface area (Å²) in [5.41, 5.74) is 2.50. The number of halogens is 2. The Labute approximate surface area is 220 Å². The Morgan fingerprint density at radius 1 is 1.14 bits per heavy atom. The van der Waals surface area contributed by atoms with Gasteiger partial charge in [0.15, 0.2) is 9.84 Å². The minimum Gasteiger partial charge on any atom is -0.487 e. The van der Waals surface area contributed by atoms with Gasteiger partial charge in [-0.1, -0.05) is 29.8 Å². The van der Waals surface area contributed by atoms with E-state index in [2.05, 4.69) is 9.97 Å². The molecule has 0 N–H and O–H groups in total. The van der Waals surface area contributed by atoms with E-state index in [1.54, 1.807) is 24.4 Å². The maximum absolute atomic E-state index is 13.2. The van der Waals surface area contributed by atoms with Crippen LogP contribution in [0.1, 0.15) is 41.4 Å². The molecule has 2 aromatic heterocycles. The molecule has 0 aliphatic heterocycles. The van der Waals surface area contributed by atoms with Gasteiger partial charge in [-0.05, 0) is 60.7 Å². The zero-order valence-electron chi connectivity index (χ0n) is 20.3. The Morgan fingerprint density at radius 2 is 1.95 bits per heavy atom. The molecule has 0 amide bonds. The van der Waals surface area contributed by atoms with E-state index in [1.807, 2.05) is 35.0 Å². The molecule has 0 saturated heterocycles. The third-order valence-electron chi connectivity index (χ3n) is 5.56. The number of aromatic nitrogens is 3. The summed E-state index contributed by atoms with van der Waals surface area (Å²) in [6, 6.07) is 12.1. The third kappa shape index (κ3) is 8.30. The van der Waals surface area contributed by atoms with Crippen molar-refractivity contribution in [2.24, 2.45) is 0 Å². The number of oxazole rings is 1. The lowest BCUT2D eigenvalue weighted by molar-refractivity contribution is 0.301. The molecule has 4 aromatic rings. The Morgan fingerprint density at radius 3 is 2.70 bits per heavy atom. The van der Waals surface area contributed by atoms with Gasteiger partial charge in [-0.3, -0.25) is 0 Å². The second kappa shape index (κ2) is 12.2. The van der Waals surface area contributed by atoms with Gasteiger partial charge < -0.3 is 13.7 Å². The quantitative estimate of drug-likeness (QED) is 0.204. The highest BCUT2D eigenvalue weighted by molar-refractivity contribution is 7.89. The molecular weight excluding hydrogens is 517 g/mol. The number of imidazole rings is 1. The predicted octanol–water partition coefficient (Wildman–Crippen LogP) is 5.98. The highest BCUT2D eigenvalue weighted by Gasteiger charge is 2.10. The van der Waals surface area contributed by atoms with Crippen LogP contribution in [-0.4, -0.2) is 29.2 Å². The summed E-state index contributed by atoms with van der Waals surface area (Å²) in [6.07, 6.45) is 12.4. The van der Waals surface area contributed by atoms with E-state index in [9.17, 15) is 12.8 Å². The van der Waals surface area contributed by atoms with Crippen LogP contribution in [-0.2, 0) is 35.2 Å². The molecule has 0 atom stereocenters. The first-order valence-electron chi connectivity index (χ1n) is 11.7. The first-order chi connectivity index (χ1) is 17.7. The van der Waals surface area contributed by atoms with Crippen molar-refractivity contribution in [3.63, 3.8) is 0 Å². The van der Waals surface area contributed by atoms with Gasteiger partial charge in [0, 0.05) is 31.3 Å². The van der Waals surface area contributed by atoms with Crippen molar-refractivity contribution >= 4 is 33.6 Å². The molecule has 4 rings (SSSR count). The molecule has 0 saturated carbocycles. The van der Waals surface area contributed by atoms with Crippen LogP contribution in [0.2, 0.25) is 5.02 Å². The Balaban J connectivity index is 1.20. The van der Waals surface area contributed by atoms with Crippen LogP contribution in [0.25, 0.3) is 12.2 Å². The van der Waals surface area contributed by atoms with E-state index in [4.69, 9.17) is 20.8 Å². The molecule has 2 aromatic carbocycles. The first kappa shape index (κ1) is 26.6. The molecule has 37 heavy (non-hydrogen) atoms. The Kier molecular flexibility index (Phi) is 8.78. The number of nitrogens with zero attached hydrogens (tertiary/aromatic N) is 3. The van der Waals surface area contributed by atoms with Crippen molar-refractivity contribution in [3.05, 3.63) is 100 Å². The highest BCUT2D eigenvalue weighted by atomic mass is 35.5. The van der Waals surface area contributed by atoms with Gasteiger partial charge in [-0.15, -0.1) is 0 Å². The van der Waals surface area contributed by atoms with Gasteiger partial charge in [0.1, 0.15) is 41.7 Å².